The van der Waals surface area contributed by atoms with Gasteiger partial charge >= 0.3 is 11.9 Å². The van der Waals surface area contributed by atoms with Crippen molar-refractivity contribution >= 4 is 23.5 Å². The lowest BCUT2D eigenvalue weighted by atomic mass is 9.60. The number of ether oxygens (including phenoxy) is 5. The minimum absolute atomic E-state index is 0.00632. The number of hydrogen-bond donors (Lipinski definition) is 3. The number of ketones is 2. The Bertz CT molecular complexity index is 1310. The van der Waals surface area contributed by atoms with Gasteiger partial charge in [0.25, 0.3) is 0 Å². The number of carbonyl (C=O) groups is 4. The van der Waals surface area contributed by atoms with E-state index in [1.54, 1.807) is 13.8 Å². The number of Topliss-reactive ketones (excluding diaryl/α,β-unsaturated/α-hetero) is 2. The van der Waals surface area contributed by atoms with Gasteiger partial charge in [-0.2, -0.15) is 0 Å². The first-order chi connectivity index (χ1) is 19.1. The van der Waals surface area contributed by atoms with Crippen molar-refractivity contribution < 1.29 is 58.2 Å². The highest BCUT2D eigenvalue weighted by atomic mass is 16.7. The molecule has 3 spiro atoms. The molecule has 12 heteroatoms. The Hall–Kier alpha value is -1.96. The van der Waals surface area contributed by atoms with Gasteiger partial charge in [0.2, 0.25) is 5.79 Å². The third-order valence-corrected chi connectivity index (χ3v) is 12.6. The van der Waals surface area contributed by atoms with Crippen LogP contribution in [0.1, 0.15) is 59.8 Å². The van der Waals surface area contributed by atoms with Gasteiger partial charge in [-0.3, -0.25) is 19.2 Å². The van der Waals surface area contributed by atoms with E-state index >= 15 is 0 Å². The van der Waals surface area contributed by atoms with Crippen molar-refractivity contribution in [2.45, 2.75) is 112 Å². The summed E-state index contributed by atoms with van der Waals surface area (Å²) in [5.41, 5.74) is -7.47. The van der Waals surface area contributed by atoms with Gasteiger partial charge in [-0.25, -0.2) is 0 Å². The van der Waals surface area contributed by atoms with E-state index < -0.39 is 111 Å². The highest BCUT2D eigenvalue weighted by Crippen LogP contribution is 2.72. The molecule has 3 N–H and O–H groups in total. The van der Waals surface area contributed by atoms with E-state index in [0.29, 0.717) is 12.8 Å². The SMILES string of the molecule is C[C@@H]1C(=O)O[C@H]2[C@@H]1O[C@]13O[C@@]4(CC(=O)[C@]5(C)C(=O)[C@](C)(O)[C@H]2[C@@H]51)C[C@]12OC(=O)C[C@H]1O[C@@](C)(CO)[C@@H]2CC[C@@H]4[C@H]3O. The van der Waals surface area contributed by atoms with Crippen molar-refractivity contribution in [3.05, 3.63) is 0 Å². The smallest absolute Gasteiger partial charge is 0.311 e. The fraction of sp³-hybridized carbons (Fsp3) is 0.862. The van der Waals surface area contributed by atoms with Crippen LogP contribution in [0.3, 0.4) is 0 Å². The molecule has 8 fully saturated rings. The molecule has 2 saturated carbocycles. The number of esters is 2. The number of fused-ring (bicyclic) bond motifs is 2. The number of hydrogen-bond acceptors (Lipinski definition) is 12. The molecule has 224 valence electrons. The van der Waals surface area contributed by atoms with Gasteiger partial charge in [-0.1, -0.05) is 0 Å². The van der Waals surface area contributed by atoms with Crippen molar-refractivity contribution in [1.29, 1.82) is 0 Å². The van der Waals surface area contributed by atoms with Crippen molar-refractivity contribution in [3.8, 4) is 0 Å². The topological polar surface area (TPSA) is 175 Å². The number of carbonyl (C=O) groups excluding carboxylic acids is 4. The fourth-order valence-corrected chi connectivity index (χ4v) is 10.8. The lowest BCUT2D eigenvalue weighted by Gasteiger charge is -2.52. The van der Waals surface area contributed by atoms with Crippen LogP contribution in [0.25, 0.3) is 0 Å². The van der Waals surface area contributed by atoms with Gasteiger partial charge in [-0.05, 0) is 40.5 Å². The van der Waals surface area contributed by atoms with Crippen LogP contribution in [-0.2, 0) is 42.9 Å². The zero-order valence-electron chi connectivity index (χ0n) is 23.5. The maximum absolute atomic E-state index is 14.4. The molecule has 41 heavy (non-hydrogen) atoms. The first kappa shape index (κ1) is 26.7. The normalized spacial score (nSPS) is 61.8. The Kier molecular flexibility index (Phi) is 4.80. The summed E-state index contributed by atoms with van der Waals surface area (Å²) in [6.45, 7) is 5.92. The standard InChI is InChI=1S/C29H36O12/c1-11-18-19(37-22(11)34)17-20-25(3,23(35)26(17,4)36)14(31)8-27-9-28-13(6-5-12(27)21(33)29(20,40-18)41-27)24(2,10-30)38-15(28)7-16(32)39-28/h11-13,15,17-21,30,33,36H,5-10H2,1-4H3/t11-,12+,13-,15+,17+,18+,19+,20-,21+,24-,25-,26+,27-,28+,29-/m0/s1. The molecule has 0 amide bonds. The highest BCUT2D eigenvalue weighted by Gasteiger charge is 2.86. The van der Waals surface area contributed by atoms with Gasteiger partial charge < -0.3 is 39.0 Å². The second-order valence-electron chi connectivity index (χ2n) is 14.5. The predicted octanol–water partition coefficient (Wildman–Crippen LogP) is -0.430. The zero-order valence-corrected chi connectivity index (χ0v) is 23.5. The Morgan fingerprint density at radius 2 is 1.76 bits per heavy atom. The minimum atomic E-state index is -2.05. The van der Waals surface area contributed by atoms with Crippen LogP contribution < -0.4 is 0 Å². The quantitative estimate of drug-likeness (QED) is 0.272. The summed E-state index contributed by atoms with van der Waals surface area (Å²) in [4.78, 5) is 53.9. The number of rotatable bonds is 1. The number of aliphatic hydroxyl groups is 3. The second kappa shape index (κ2) is 7.39. The molecule has 8 rings (SSSR count). The number of aliphatic hydroxyl groups excluding tert-OH is 2. The van der Waals surface area contributed by atoms with Gasteiger partial charge in [0.05, 0.1) is 35.6 Å². The van der Waals surface area contributed by atoms with E-state index in [-0.39, 0.29) is 25.9 Å². The second-order valence-corrected chi connectivity index (χ2v) is 14.5. The molecule has 8 aliphatic rings. The van der Waals surface area contributed by atoms with Crippen LogP contribution in [0, 0.1) is 35.0 Å². The molecule has 2 aliphatic carbocycles. The molecule has 6 saturated heterocycles. The van der Waals surface area contributed by atoms with Crippen molar-refractivity contribution in [3.63, 3.8) is 0 Å². The van der Waals surface area contributed by atoms with Crippen molar-refractivity contribution in [2.24, 2.45) is 35.0 Å². The average molecular weight is 577 g/mol. The predicted molar refractivity (Wildman–Crippen MR) is 131 cm³/mol. The van der Waals surface area contributed by atoms with Gasteiger partial charge in [0.15, 0.2) is 5.78 Å². The molecule has 6 aliphatic heterocycles. The molecular weight excluding hydrogens is 540 g/mol. The van der Waals surface area contributed by atoms with Gasteiger partial charge in [0.1, 0.15) is 41.4 Å². The van der Waals surface area contributed by atoms with Crippen molar-refractivity contribution in [2.75, 3.05) is 6.61 Å². The Morgan fingerprint density at radius 1 is 1.02 bits per heavy atom. The van der Waals surface area contributed by atoms with E-state index in [4.69, 9.17) is 23.7 Å². The molecule has 15 atom stereocenters. The van der Waals surface area contributed by atoms with Gasteiger partial charge in [-0.15, -0.1) is 0 Å². The lowest BCUT2D eigenvalue weighted by molar-refractivity contribution is -0.368. The molecule has 0 unspecified atom stereocenters. The molecule has 6 heterocycles. The van der Waals surface area contributed by atoms with Crippen LogP contribution in [0.2, 0.25) is 0 Å². The van der Waals surface area contributed by atoms with E-state index in [1.807, 2.05) is 0 Å². The molecule has 0 aromatic rings. The molecule has 0 aromatic carbocycles. The highest BCUT2D eigenvalue weighted by molar-refractivity contribution is 6.13. The average Bonchev–Trinajstić information content (AvgIpc) is 3.49. The zero-order chi connectivity index (χ0) is 29.3. The molecule has 2 bridgehead atoms. The summed E-state index contributed by atoms with van der Waals surface area (Å²) in [5, 5.41) is 34.3. The monoisotopic (exact) mass is 576 g/mol. The minimum Gasteiger partial charge on any atom is -0.459 e. The van der Waals surface area contributed by atoms with Crippen LogP contribution in [-0.4, -0.2) is 98.0 Å². The fourth-order valence-electron chi connectivity index (χ4n) is 10.8. The van der Waals surface area contributed by atoms with E-state index in [9.17, 15) is 34.5 Å². The molecule has 12 nitrogen and oxygen atoms in total. The van der Waals surface area contributed by atoms with Crippen LogP contribution >= 0.6 is 0 Å². The third-order valence-electron chi connectivity index (χ3n) is 12.6. The maximum Gasteiger partial charge on any atom is 0.311 e. The summed E-state index contributed by atoms with van der Waals surface area (Å²) in [6.07, 6.45) is -3.50. The Labute approximate surface area is 236 Å². The maximum atomic E-state index is 14.4. The first-order valence-corrected chi connectivity index (χ1v) is 14.7. The van der Waals surface area contributed by atoms with Gasteiger partial charge in [0, 0.05) is 36.5 Å². The summed E-state index contributed by atoms with van der Waals surface area (Å²) < 4.78 is 31.6. The Morgan fingerprint density at radius 3 is 2.46 bits per heavy atom. The van der Waals surface area contributed by atoms with E-state index in [2.05, 4.69) is 0 Å². The first-order valence-electron chi connectivity index (χ1n) is 14.7. The van der Waals surface area contributed by atoms with E-state index in [1.165, 1.54) is 13.8 Å². The molecule has 0 radical (unpaired) electrons. The summed E-state index contributed by atoms with van der Waals surface area (Å²) in [6, 6.07) is 0. The lowest BCUT2D eigenvalue weighted by Crippen LogP contribution is -2.66. The molecule has 0 aromatic heterocycles. The Balaban J connectivity index is 1.33. The van der Waals surface area contributed by atoms with Crippen LogP contribution in [0.15, 0.2) is 0 Å². The largest absolute Gasteiger partial charge is 0.459 e. The molecular formula is C29H36O12. The van der Waals surface area contributed by atoms with E-state index in [0.717, 1.165) is 0 Å². The third kappa shape index (κ3) is 2.67. The summed E-state index contributed by atoms with van der Waals surface area (Å²) in [7, 11) is 0. The van der Waals surface area contributed by atoms with Crippen molar-refractivity contribution in [1.82, 2.24) is 0 Å². The van der Waals surface area contributed by atoms with Crippen LogP contribution in [0.5, 0.6) is 0 Å². The summed E-state index contributed by atoms with van der Waals surface area (Å²) in [5.74, 6) is -8.14. The summed E-state index contributed by atoms with van der Waals surface area (Å²) >= 11 is 0. The van der Waals surface area contributed by atoms with Crippen LogP contribution in [0.4, 0.5) is 0 Å².